The number of nitrogens with zero attached hydrogens (tertiary/aromatic N) is 1. The van der Waals surface area contributed by atoms with Crippen molar-refractivity contribution in [1.29, 1.82) is 0 Å². The Morgan fingerprint density at radius 1 is 1.11 bits per heavy atom. The molecule has 0 fully saturated rings. The molecule has 0 aliphatic rings. The average Bonchev–Trinajstić information content (AvgIpc) is 2.66. The van der Waals surface area contributed by atoms with Crippen molar-refractivity contribution in [1.82, 2.24) is 14.9 Å². The van der Waals surface area contributed by atoms with Gasteiger partial charge in [-0.3, -0.25) is 14.2 Å². The Hall–Kier alpha value is -3.48. The molecule has 7 heteroatoms. The number of aromatic amines is 1. The lowest BCUT2D eigenvalue weighted by Crippen LogP contribution is -2.40. The van der Waals surface area contributed by atoms with Crippen LogP contribution in [0.2, 0.25) is 0 Å². The van der Waals surface area contributed by atoms with Crippen molar-refractivity contribution in [2.45, 2.75) is 20.0 Å². The van der Waals surface area contributed by atoms with E-state index in [0.717, 1.165) is 21.9 Å². The summed E-state index contributed by atoms with van der Waals surface area (Å²) in [6, 6.07) is 13.4. The minimum atomic E-state index is -0.775. The fraction of sp³-hybridized carbons (Fsp3) is 0.150. The third kappa shape index (κ3) is 4.20. The van der Waals surface area contributed by atoms with Crippen molar-refractivity contribution >= 4 is 5.91 Å². The molecule has 0 unspecified atom stereocenters. The molecule has 1 amide bonds. The SMILES string of the molecule is Cc1ccc(CNC(=O)c2c[nH]c(=O)n(Cc3ccccc3F)c2=O)cc1. The molecule has 0 radical (unpaired) electrons. The summed E-state index contributed by atoms with van der Waals surface area (Å²) in [5.74, 6) is -1.14. The molecule has 0 bridgehead atoms. The van der Waals surface area contributed by atoms with Crippen LogP contribution >= 0.6 is 0 Å². The van der Waals surface area contributed by atoms with Crippen molar-refractivity contribution in [3.63, 3.8) is 0 Å². The van der Waals surface area contributed by atoms with Gasteiger partial charge in [-0.1, -0.05) is 48.0 Å². The number of rotatable bonds is 5. The summed E-state index contributed by atoms with van der Waals surface area (Å²) >= 11 is 0. The number of hydrogen-bond acceptors (Lipinski definition) is 3. The number of halogens is 1. The first-order valence-electron chi connectivity index (χ1n) is 8.35. The minimum Gasteiger partial charge on any atom is -0.348 e. The molecule has 3 aromatic rings. The maximum atomic E-state index is 13.8. The van der Waals surface area contributed by atoms with Crippen LogP contribution in [-0.2, 0) is 13.1 Å². The van der Waals surface area contributed by atoms with Crippen LogP contribution in [0, 0.1) is 12.7 Å². The summed E-state index contributed by atoms with van der Waals surface area (Å²) in [6.07, 6.45) is 1.08. The highest BCUT2D eigenvalue weighted by Crippen LogP contribution is 2.07. The highest BCUT2D eigenvalue weighted by atomic mass is 19.1. The Morgan fingerprint density at radius 3 is 2.52 bits per heavy atom. The number of aromatic nitrogens is 2. The number of H-pyrrole nitrogens is 1. The molecule has 2 N–H and O–H groups in total. The first kappa shape index (κ1) is 18.3. The molecule has 2 aromatic carbocycles. The maximum Gasteiger partial charge on any atom is 0.328 e. The lowest BCUT2D eigenvalue weighted by molar-refractivity contribution is 0.0948. The molecule has 3 rings (SSSR count). The number of aryl methyl sites for hydroxylation is 1. The van der Waals surface area contributed by atoms with Gasteiger partial charge in [0, 0.05) is 18.3 Å². The third-order valence-electron chi connectivity index (χ3n) is 4.17. The maximum absolute atomic E-state index is 13.8. The summed E-state index contributed by atoms with van der Waals surface area (Å²) in [5, 5.41) is 2.65. The van der Waals surface area contributed by atoms with Crippen molar-refractivity contribution in [2.24, 2.45) is 0 Å². The Kier molecular flexibility index (Phi) is 5.30. The molecule has 0 atom stereocenters. The standard InChI is InChI=1S/C20H18FN3O3/c1-13-6-8-14(9-7-13)10-22-18(25)16-11-23-20(27)24(19(16)26)12-15-4-2-3-5-17(15)21/h2-9,11H,10,12H2,1H3,(H,22,25)(H,23,27). The predicted octanol–water partition coefficient (Wildman–Crippen LogP) is 1.96. The van der Waals surface area contributed by atoms with Crippen LogP contribution in [0.25, 0.3) is 0 Å². The van der Waals surface area contributed by atoms with Gasteiger partial charge in [-0.25, -0.2) is 9.18 Å². The molecule has 0 saturated carbocycles. The fourth-order valence-electron chi connectivity index (χ4n) is 2.60. The van der Waals surface area contributed by atoms with E-state index in [1.807, 2.05) is 31.2 Å². The topological polar surface area (TPSA) is 84.0 Å². The Balaban J connectivity index is 1.83. The predicted molar refractivity (Wildman–Crippen MR) is 99.2 cm³/mol. The number of carbonyl (C=O) groups is 1. The van der Waals surface area contributed by atoms with E-state index in [0.29, 0.717) is 0 Å². The van der Waals surface area contributed by atoms with Crippen LogP contribution in [-0.4, -0.2) is 15.5 Å². The second-order valence-electron chi connectivity index (χ2n) is 6.16. The highest BCUT2D eigenvalue weighted by molar-refractivity contribution is 5.93. The molecule has 0 aliphatic heterocycles. The number of hydrogen-bond donors (Lipinski definition) is 2. The smallest absolute Gasteiger partial charge is 0.328 e. The molecule has 1 heterocycles. The van der Waals surface area contributed by atoms with Crippen LogP contribution < -0.4 is 16.6 Å². The van der Waals surface area contributed by atoms with Gasteiger partial charge in [0.2, 0.25) is 0 Å². The van der Waals surface area contributed by atoms with Gasteiger partial charge < -0.3 is 10.3 Å². The summed E-state index contributed by atoms with van der Waals surface area (Å²) in [4.78, 5) is 39.3. The van der Waals surface area contributed by atoms with E-state index in [4.69, 9.17) is 0 Å². The van der Waals surface area contributed by atoms with Gasteiger partial charge in [0.25, 0.3) is 11.5 Å². The van der Waals surface area contributed by atoms with E-state index in [1.54, 1.807) is 6.07 Å². The Morgan fingerprint density at radius 2 is 1.81 bits per heavy atom. The molecule has 138 valence electrons. The van der Waals surface area contributed by atoms with Crippen LogP contribution in [0.1, 0.15) is 27.0 Å². The summed E-state index contributed by atoms with van der Waals surface area (Å²) in [7, 11) is 0. The van der Waals surface area contributed by atoms with Gasteiger partial charge in [-0.2, -0.15) is 0 Å². The summed E-state index contributed by atoms with van der Waals surface area (Å²) in [6.45, 7) is 1.94. The van der Waals surface area contributed by atoms with E-state index in [1.165, 1.54) is 18.2 Å². The fourth-order valence-corrected chi connectivity index (χ4v) is 2.60. The number of benzene rings is 2. The van der Waals surface area contributed by atoms with Crippen LogP contribution in [0.3, 0.4) is 0 Å². The lowest BCUT2D eigenvalue weighted by atomic mass is 10.1. The minimum absolute atomic E-state index is 0.183. The Bertz CT molecular complexity index is 1080. The van der Waals surface area contributed by atoms with Crippen LogP contribution in [0.4, 0.5) is 4.39 Å². The normalized spacial score (nSPS) is 10.6. The number of carbonyl (C=O) groups excluding carboxylic acids is 1. The zero-order chi connectivity index (χ0) is 19.4. The van der Waals surface area contributed by atoms with Gasteiger partial charge in [-0.15, -0.1) is 0 Å². The quantitative estimate of drug-likeness (QED) is 0.723. The van der Waals surface area contributed by atoms with Crippen LogP contribution in [0.5, 0.6) is 0 Å². The molecular formula is C20H18FN3O3. The number of amides is 1. The molecule has 6 nitrogen and oxygen atoms in total. The van der Waals surface area contributed by atoms with Crippen molar-refractivity contribution in [2.75, 3.05) is 0 Å². The van der Waals surface area contributed by atoms with E-state index in [9.17, 15) is 18.8 Å². The van der Waals surface area contributed by atoms with Crippen molar-refractivity contribution in [3.8, 4) is 0 Å². The van der Waals surface area contributed by atoms with Gasteiger partial charge >= 0.3 is 5.69 Å². The van der Waals surface area contributed by atoms with E-state index in [2.05, 4.69) is 10.3 Å². The van der Waals surface area contributed by atoms with Crippen molar-refractivity contribution in [3.05, 3.63) is 104 Å². The first-order chi connectivity index (χ1) is 13.0. The molecule has 1 aromatic heterocycles. The van der Waals surface area contributed by atoms with Crippen LogP contribution in [0.15, 0.2) is 64.3 Å². The second kappa shape index (κ2) is 7.82. The lowest BCUT2D eigenvalue weighted by Gasteiger charge is -2.09. The van der Waals surface area contributed by atoms with Gasteiger partial charge in [0.15, 0.2) is 0 Å². The molecular weight excluding hydrogens is 349 g/mol. The van der Waals surface area contributed by atoms with E-state index < -0.39 is 23.0 Å². The molecule has 0 saturated heterocycles. The average molecular weight is 367 g/mol. The van der Waals surface area contributed by atoms with E-state index >= 15 is 0 Å². The molecule has 0 aliphatic carbocycles. The number of nitrogens with one attached hydrogen (secondary N) is 2. The second-order valence-corrected chi connectivity index (χ2v) is 6.16. The Labute approximate surface area is 154 Å². The summed E-state index contributed by atoms with van der Waals surface area (Å²) in [5.41, 5.74) is 0.467. The van der Waals surface area contributed by atoms with Gasteiger partial charge in [0.1, 0.15) is 11.4 Å². The largest absolute Gasteiger partial charge is 0.348 e. The monoisotopic (exact) mass is 367 g/mol. The van der Waals surface area contributed by atoms with Crippen molar-refractivity contribution < 1.29 is 9.18 Å². The van der Waals surface area contributed by atoms with Gasteiger partial charge in [-0.05, 0) is 18.6 Å². The molecule has 27 heavy (non-hydrogen) atoms. The first-order valence-corrected chi connectivity index (χ1v) is 8.35. The van der Waals surface area contributed by atoms with E-state index in [-0.39, 0.29) is 24.2 Å². The molecule has 0 spiro atoms. The van der Waals surface area contributed by atoms with Gasteiger partial charge in [0.05, 0.1) is 6.54 Å². The third-order valence-corrected chi connectivity index (χ3v) is 4.17. The zero-order valence-electron chi connectivity index (χ0n) is 14.7. The summed E-state index contributed by atoms with van der Waals surface area (Å²) < 4.78 is 14.6. The highest BCUT2D eigenvalue weighted by Gasteiger charge is 2.15. The zero-order valence-corrected chi connectivity index (χ0v) is 14.7.